The van der Waals surface area contributed by atoms with Gasteiger partial charge in [0.15, 0.2) is 0 Å². The molecule has 10 heteroatoms. The van der Waals surface area contributed by atoms with E-state index in [4.69, 9.17) is 9.57 Å². The number of nitrogens with zero attached hydrogens (tertiary/aromatic N) is 1. The van der Waals surface area contributed by atoms with Crippen molar-refractivity contribution in [1.29, 1.82) is 0 Å². The maximum absolute atomic E-state index is 12.8. The van der Waals surface area contributed by atoms with Crippen molar-refractivity contribution >= 4 is 15.8 Å². The molecule has 1 aliphatic carbocycles. The van der Waals surface area contributed by atoms with Crippen LogP contribution >= 0.6 is 0 Å². The number of oxime groups is 1. The van der Waals surface area contributed by atoms with Crippen molar-refractivity contribution in [3.05, 3.63) is 0 Å². The first kappa shape index (κ1) is 23.2. The minimum atomic E-state index is -4.14. The van der Waals surface area contributed by atoms with Crippen LogP contribution in [0.3, 0.4) is 0 Å². The Morgan fingerprint density at radius 3 is 2.27 bits per heavy atom. The van der Waals surface area contributed by atoms with Crippen LogP contribution in [0.1, 0.15) is 44.9 Å². The summed E-state index contributed by atoms with van der Waals surface area (Å²) in [6, 6.07) is 0. The van der Waals surface area contributed by atoms with E-state index in [0.717, 1.165) is 24.8 Å². The highest BCUT2D eigenvalue weighted by molar-refractivity contribution is 7.85. The zero-order chi connectivity index (χ0) is 19.6. The van der Waals surface area contributed by atoms with Crippen molar-refractivity contribution < 1.29 is 35.3 Å². The Labute approximate surface area is 153 Å². The summed E-state index contributed by atoms with van der Waals surface area (Å²) in [4.78, 5) is 5.14. The standard InChI is InChI=1S/C16H28F3NO5S/c1-23-10-4-3-5-15(20-24-11-12-25-26(2,21)22)13-6-8-14(9-7-13)16(17,18)19/h13-14H,3-12H2,1-2H3/b20-15+. The minimum Gasteiger partial charge on any atom is -0.393 e. The molecule has 0 unspecified atom stereocenters. The third-order valence-corrected chi connectivity index (χ3v) is 4.94. The average molecular weight is 403 g/mol. The van der Waals surface area contributed by atoms with Gasteiger partial charge in [-0.2, -0.15) is 21.6 Å². The van der Waals surface area contributed by atoms with Crippen molar-refractivity contribution in [1.82, 2.24) is 0 Å². The van der Waals surface area contributed by atoms with Crippen LogP contribution in [0.4, 0.5) is 13.2 Å². The molecule has 0 saturated heterocycles. The molecule has 0 bridgehead atoms. The molecule has 1 fully saturated rings. The first-order valence-electron chi connectivity index (χ1n) is 8.72. The second kappa shape index (κ2) is 11.1. The Kier molecular flexibility index (Phi) is 9.88. The van der Waals surface area contributed by atoms with E-state index in [1.54, 1.807) is 7.11 Å². The molecular weight excluding hydrogens is 375 g/mol. The minimum absolute atomic E-state index is 0.0352. The molecule has 1 rings (SSSR count). The second-order valence-corrected chi connectivity index (χ2v) is 8.13. The molecule has 0 heterocycles. The highest BCUT2D eigenvalue weighted by Crippen LogP contribution is 2.40. The molecule has 0 radical (unpaired) electrons. The summed E-state index contributed by atoms with van der Waals surface area (Å²) >= 11 is 0. The molecule has 0 aromatic heterocycles. The molecule has 0 aliphatic heterocycles. The van der Waals surface area contributed by atoms with Gasteiger partial charge in [0.05, 0.1) is 17.9 Å². The molecule has 1 saturated carbocycles. The van der Waals surface area contributed by atoms with E-state index in [1.807, 2.05) is 0 Å². The quantitative estimate of drug-likeness (QED) is 0.228. The maximum atomic E-state index is 12.8. The van der Waals surface area contributed by atoms with Gasteiger partial charge < -0.3 is 9.57 Å². The van der Waals surface area contributed by atoms with E-state index in [-0.39, 0.29) is 32.0 Å². The van der Waals surface area contributed by atoms with Crippen LogP contribution in [0.2, 0.25) is 0 Å². The van der Waals surface area contributed by atoms with E-state index in [2.05, 4.69) is 9.34 Å². The summed E-state index contributed by atoms with van der Waals surface area (Å²) in [5.41, 5.74) is 0.737. The molecule has 0 atom stereocenters. The molecule has 0 amide bonds. The summed E-state index contributed by atoms with van der Waals surface area (Å²) < 4.78 is 69.7. The van der Waals surface area contributed by atoms with E-state index >= 15 is 0 Å². The molecule has 26 heavy (non-hydrogen) atoms. The lowest BCUT2D eigenvalue weighted by atomic mass is 9.78. The molecule has 1 aliphatic rings. The van der Waals surface area contributed by atoms with Gasteiger partial charge in [-0.3, -0.25) is 4.18 Å². The predicted molar refractivity (Wildman–Crippen MR) is 91.4 cm³/mol. The summed E-state index contributed by atoms with van der Waals surface area (Å²) in [5.74, 6) is -1.27. The molecular formula is C16H28F3NO5S. The zero-order valence-corrected chi connectivity index (χ0v) is 16.1. The first-order chi connectivity index (χ1) is 12.1. The number of hydrogen-bond acceptors (Lipinski definition) is 6. The van der Waals surface area contributed by atoms with Crippen LogP contribution in [-0.2, 0) is 23.9 Å². The third kappa shape index (κ3) is 9.72. The lowest BCUT2D eigenvalue weighted by molar-refractivity contribution is -0.182. The number of hydrogen-bond donors (Lipinski definition) is 0. The van der Waals surface area contributed by atoms with E-state index < -0.39 is 22.2 Å². The lowest BCUT2D eigenvalue weighted by Crippen LogP contribution is -2.30. The van der Waals surface area contributed by atoms with Gasteiger partial charge in [0.25, 0.3) is 10.1 Å². The number of alkyl halides is 3. The van der Waals surface area contributed by atoms with Gasteiger partial charge >= 0.3 is 6.18 Å². The van der Waals surface area contributed by atoms with Crippen LogP contribution in [0.25, 0.3) is 0 Å². The molecule has 154 valence electrons. The summed E-state index contributed by atoms with van der Waals surface area (Å²) in [5, 5.41) is 4.07. The van der Waals surface area contributed by atoms with Crippen molar-refractivity contribution in [2.45, 2.75) is 51.1 Å². The monoisotopic (exact) mass is 403 g/mol. The van der Waals surface area contributed by atoms with Crippen molar-refractivity contribution in [2.75, 3.05) is 33.2 Å². The fourth-order valence-corrected chi connectivity index (χ4v) is 3.35. The Morgan fingerprint density at radius 2 is 1.73 bits per heavy atom. The average Bonchev–Trinajstić information content (AvgIpc) is 2.55. The number of rotatable bonds is 11. The molecule has 0 N–H and O–H groups in total. The molecule has 0 aromatic rings. The lowest BCUT2D eigenvalue weighted by Gasteiger charge is -2.30. The van der Waals surface area contributed by atoms with Gasteiger partial charge in [-0.05, 0) is 44.9 Å². The van der Waals surface area contributed by atoms with E-state index in [1.165, 1.54) is 0 Å². The van der Waals surface area contributed by atoms with Gasteiger partial charge in [-0.1, -0.05) is 5.16 Å². The maximum Gasteiger partial charge on any atom is 0.391 e. The second-order valence-electron chi connectivity index (χ2n) is 6.48. The summed E-state index contributed by atoms with van der Waals surface area (Å²) in [7, 11) is -1.93. The Bertz CT molecular complexity index is 528. The number of ether oxygens (including phenoxy) is 1. The number of unbranched alkanes of at least 4 members (excludes halogenated alkanes) is 1. The summed E-state index contributed by atoms with van der Waals surface area (Å²) in [6.45, 7) is 0.420. The van der Waals surface area contributed by atoms with Crippen molar-refractivity contribution in [2.24, 2.45) is 17.0 Å². The highest BCUT2D eigenvalue weighted by atomic mass is 32.2. The Morgan fingerprint density at radius 1 is 1.08 bits per heavy atom. The normalized spacial score (nSPS) is 22.4. The van der Waals surface area contributed by atoms with Gasteiger partial charge in [0.2, 0.25) is 0 Å². The van der Waals surface area contributed by atoms with Gasteiger partial charge in [-0.25, -0.2) is 0 Å². The van der Waals surface area contributed by atoms with Crippen molar-refractivity contribution in [3.8, 4) is 0 Å². The fourth-order valence-electron chi connectivity index (χ4n) is 2.98. The van der Waals surface area contributed by atoms with Crippen LogP contribution in [0, 0.1) is 11.8 Å². The zero-order valence-electron chi connectivity index (χ0n) is 15.3. The van der Waals surface area contributed by atoms with Crippen LogP contribution < -0.4 is 0 Å². The predicted octanol–water partition coefficient (Wildman–Crippen LogP) is 3.52. The van der Waals surface area contributed by atoms with Gasteiger partial charge in [0, 0.05) is 19.6 Å². The largest absolute Gasteiger partial charge is 0.393 e. The van der Waals surface area contributed by atoms with Crippen molar-refractivity contribution in [3.63, 3.8) is 0 Å². The van der Waals surface area contributed by atoms with Gasteiger partial charge in [-0.15, -0.1) is 0 Å². The van der Waals surface area contributed by atoms with Crippen LogP contribution in [0.5, 0.6) is 0 Å². The van der Waals surface area contributed by atoms with Gasteiger partial charge in [0.1, 0.15) is 13.2 Å². The number of halogens is 3. The fraction of sp³-hybridized carbons (Fsp3) is 0.938. The molecule has 0 spiro atoms. The molecule has 0 aromatic carbocycles. The SMILES string of the molecule is COCCCC/C(=N\OCCOS(C)(=O)=O)C1CCC(C(F)(F)F)CC1. The highest BCUT2D eigenvalue weighted by Gasteiger charge is 2.42. The van der Waals surface area contributed by atoms with E-state index in [9.17, 15) is 21.6 Å². The Hall–Kier alpha value is -0.870. The van der Waals surface area contributed by atoms with E-state index in [0.29, 0.717) is 25.9 Å². The first-order valence-corrected chi connectivity index (χ1v) is 10.5. The van der Waals surface area contributed by atoms with Crippen LogP contribution in [0.15, 0.2) is 5.16 Å². The molecule has 6 nitrogen and oxygen atoms in total. The third-order valence-electron chi connectivity index (χ3n) is 4.35. The topological polar surface area (TPSA) is 74.2 Å². The smallest absolute Gasteiger partial charge is 0.391 e. The number of methoxy groups -OCH3 is 1. The summed E-state index contributed by atoms with van der Waals surface area (Å²) in [6.07, 6.45) is 0.103. The Balaban J connectivity index is 2.54. The van der Waals surface area contributed by atoms with Crippen LogP contribution in [-0.4, -0.2) is 53.5 Å².